The van der Waals surface area contributed by atoms with Crippen molar-refractivity contribution < 1.29 is 29.0 Å². The lowest BCUT2D eigenvalue weighted by Crippen LogP contribution is -2.53. The Balaban J connectivity index is 1.43. The second kappa shape index (κ2) is 10.2. The summed E-state index contributed by atoms with van der Waals surface area (Å²) in [7, 11) is 0. The van der Waals surface area contributed by atoms with Crippen molar-refractivity contribution in [3.05, 3.63) is 42.5 Å². The van der Waals surface area contributed by atoms with Gasteiger partial charge < -0.3 is 24.8 Å². The first-order valence-corrected chi connectivity index (χ1v) is 13.1. The van der Waals surface area contributed by atoms with Gasteiger partial charge in [0.2, 0.25) is 11.8 Å². The summed E-state index contributed by atoms with van der Waals surface area (Å²) in [4.78, 5) is 42.1. The first kappa shape index (κ1) is 24.7. The highest BCUT2D eigenvalue weighted by Crippen LogP contribution is 2.58. The summed E-state index contributed by atoms with van der Waals surface area (Å²) >= 11 is 0. The smallest absolute Gasteiger partial charge is 0.312 e. The number of rotatable bonds is 10. The van der Waals surface area contributed by atoms with Crippen LogP contribution in [0.2, 0.25) is 0 Å². The molecule has 0 aromatic heterocycles. The summed E-state index contributed by atoms with van der Waals surface area (Å²) < 4.78 is 11.7. The van der Waals surface area contributed by atoms with Gasteiger partial charge in [0.25, 0.3) is 0 Å². The van der Waals surface area contributed by atoms with Crippen molar-refractivity contribution in [1.29, 1.82) is 0 Å². The van der Waals surface area contributed by atoms with Crippen LogP contribution in [0.5, 0.6) is 0 Å². The molecular weight excluding hydrogens is 460 g/mol. The number of ether oxygens (including phenoxy) is 2. The van der Waals surface area contributed by atoms with E-state index < -0.39 is 35.6 Å². The van der Waals surface area contributed by atoms with Crippen molar-refractivity contribution in [2.75, 3.05) is 25.1 Å². The van der Waals surface area contributed by atoms with Crippen LogP contribution in [0.3, 0.4) is 0 Å². The van der Waals surface area contributed by atoms with Crippen LogP contribution >= 0.6 is 0 Å². The highest BCUT2D eigenvalue weighted by molar-refractivity contribution is 6.04. The van der Waals surface area contributed by atoms with Gasteiger partial charge in [-0.2, -0.15) is 0 Å². The minimum Gasteiger partial charge on any atom is -0.466 e. The summed E-state index contributed by atoms with van der Waals surface area (Å²) in [5.74, 6) is -2.29. The van der Waals surface area contributed by atoms with E-state index in [9.17, 15) is 14.4 Å². The number of nitrogens with zero attached hydrogens (tertiary/aromatic N) is 1. The standard InChI is InChI=1S/C28H34N2O6/c1-2-35-27(34)22-21-13-14-28(36-21)23(22)26(33)30(15-7-3-4-8-16-31)24(28)25(32)29-20-12-11-18-9-5-6-10-19(18)17-20/h5-6,9-12,17,21-24,31H,2-4,7-8,13-16H2,1H3,(H,29,32)/t21-,22+,23+,24?,28?/m1/s1. The van der Waals surface area contributed by atoms with E-state index in [1.54, 1.807) is 11.8 Å². The molecule has 3 aliphatic rings. The molecule has 2 aromatic rings. The predicted octanol–water partition coefficient (Wildman–Crippen LogP) is 3.27. The molecule has 2 bridgehead atoms. The summed E-state index contributed by atoms with van der Waals surface area (Å²) in [5.41, 5.74) is -0.367. The molecule has 0 saturated carbocycles. The molecule has 3 heterocycles. The third-order valence-electron chi connectivity index (χ3n) is 7.93. The van der Waals surface area contributed by atoms with Crippen molar-refractivity contribution in [1.82, 2.24) is 4.90 Å². The lowest BCUT2D eigenvalue weighted by atomic mass is 9.71. The van der Waals surface area contributed by atoms with Crippen LogP contribution in [-0.2, 0) is 23.9 Å². The number of aliphatic hydroxyl groups excluding tert-OH is 1. The van der Waals surface area contributed by atoms with Gasteiger partial charge in [-0.1, -0.05) is 43.2 Å². The molecule has 3 fully saturated rings. The van der Waals surface area contributed by atoms with Crippen LogP contribution < -0.4 is 5.32 Å². The van der Waals surface area contributed by atoms with Gasteiger partial charge in [-0.15, -0.1) is 0 Å². The maximum Gasteiger partial charge on any atom is 0.312 e. The van der Waals surface area contributed by atoms with Gasteiger partial charge in [0.15, 0.2) is 0 Å². The average molecular weight is 495 g/mol. The molecule has 2 unspecified atom stereocenters. The molecule has 2 amide bonds. The van der Waals surface area contributed by atoms with Crippen LogP contribution in [0.1, 0.15) is 45.4 Å². The number of aliphatic hydroxyl groups is 1. The number of fused-ring (bicyclic) bond motifs is 2. The normalized spacial score (nSPS) is 28.5. The van der Waals surface area contributed by atoms with Crippen LogP contribution in [0.15, 0.2) is 42.5 Å². The average Bonchev–Trinajstić information content (AvgIpc) is 3.51. The molecule has 3 aliphatic heterocycles. The summed E-state index contributed by atoms with van der Waals surface area (Å²) in [6, 6.07) is 12.8. The fourth-order valence-electron chi connectivity index (χ4n) is 6.43. The van der Waals surface area contributed by atoms with E-state index in [1.807, 2.05) is 42.5 Å². The number of unbranched alkanes of at least 4 members (excludes halogenated alkanes) is 3. The molecule has 5 rings (SSSR count). The van der Waals surface area contributed by atoms with Crippen LogP contribution in [0.4, 0.5) is 5.69 Å². The van der Waals surface area contributed by atoms with E-state index in [2.05, 4.69) is 5.32 Å². The first-order valence-electron chi connectivity index (χ1n) is 13.1. The fraction of sp³-hybridized carbons (Fsp3) is 0.536. The molecule has 1 spiro atoms. The summed E-state index contributed by atoms with van der Waals surface area (Å²) in [6.45, 7) is 2.52. The van der Waals surface area contributed by atoms with Crippen molar-refractivity contribution in [3.63, 3.8) is 0 Å². The largest absolute Gasteiger partial charge is 0.466 e. The van der Waals surface area contributed by atoms with Crippen molar-refractivity contribution in [2.45, 2.75) is 63.2 Å². The van der Waals surface area contributed by atoms with E-state index in [1.165, 1.54) is 0 Å². The maximum atomic E-state index is 13.8. The minimum atomic E-state index is -1.02. The van der Waals surface area contributed by atoms with Crippen molar-refractivity contribution in [3.8, 4) is 0 Å². The van der Waals surface area contributed by atoms with Gasteiger partial charge in [-0.05, 0) is 55.5 Å². The van der Waals surface area contributed by atoms with E-state index >= 15 is 0 Å². The first-order chi connectivity index (χ1) is 17.5. The number of nitrogens with one attached hydrogen (secondary N) is 1. The predicted molar refractivity (Wildman–Crippen MR) is 134 cm³/mol. The molecule has 0 aliphatic carbocycles. The van der Waals surface area contributed by atoms with E-state index in [0.717, 1.165) is 23.6 Å². The molecule has 8 nitrogen and oxygen atoms in total. The number of carbonyl (C=O) groups is 3. The quantitative estimate of drug-likeness (QED) is 0.388. The van der Waals surface area contributed by atoms with Gasteiger partial charge in [0.1, 0.15) is 11.6 Å². The van der Waals surface area contributed by atoms with Crippen LogP contribution in [0.25, 0.3) is 10.8 Å². The number of hydrogen-bond acceptors (Lipinski definition) is 6. The van der Waals surface area contributed by atoms with Crippen LogP contribution in [-0.4, -0.2) is 65.3 Å². The van der Waals surface area contributed by atoms with E-state index in [0.29, 0.717) is 37.9 Å². The molecule has 2 N–H and O–H groups in total. The van der Waals surface area contributed by atoms with Crippen molar-refractivity contribution >= 4 is 34.2 Å². The van der Waals surface area contributed by atoms with Gasteiger partial charge in [-0.3, -0.25) is 14.4 Å². The number of anilines is 1. The highest BCUT2D eigenvalue weighted by Gasteiger charge is 2.74. The molecule has 36 heavy (non-hydrogen) atoms. The molecule has 0 radical (unpaired) electrons. The Kier molecular flexibility index (Phi) is 6.99. The van der Waals surface area contributed by atoms with Crippen LogP contribution in [0, 0.1) is 11.8 Å². The third-order valence-corrected chi connectivity index (χ3v) is 7.93. The van der Waals surface area contributed by atoms with Gasteiger partial charge in [0, 0.05) is 18.8 Å². The zero-order valence-corrected chi connectivity index (χ0v) is 20.7. The number of hydrogen-bond donors (Lipinski definition) is 2. The van der Waals surface area contributed by atoms with Gasteiger partial charge in [0.05, 0.1) is 24.5 Å². The van der Waals surface area contributed by atoms with E-state index in [4.69, 9.17) is 14.6 Å². The van der Waals surface area contributed by atoms with Gasteiger partial charge >= 0.3 is 5.97 Å². The molecule has 3 saturated heterocycles. The molecule has 5 atom stereocenters. The Hall–Kier alpha value is -2.97. The van der Waals surface area contributed by atoms with Gasteiger partial charge in [-0.25, -0.2) is 0 Å². The number of likely N-dealkylation sites (tertiary alicyclic amines) is 1. The Morgan fingerprint density at radius 2 is 1.92 bits per heavy atom. The monoisotopic (exact) mass is 494 g/mol. The number of esters is 1. The zero-order chi connectivity index (χ0) is 25.3. The Labute approximate surface area is 210 Å². The Morgan fingerprint density at radius 3 is 2.69 bits per heavy atom. The Bertz CT molecular complexity index is 1150. The number of carbonyl (C=O) groups excluding carboxylic acids is 3. The molecule has 8 heteroatoms. The third kappa shape index (κ3) is 4.16. The number of benzene rings is 2. The maximum absolute atomic E-state index is 13.8. The fourth-order valence-corrected chi connectivity index (χ4v) is 6.43. The van der Waals surface area contributed by atoms with Crippen molar-refractivity contribution in [2.24, 2.45) is 11.8 Å². The second-order valence-corrected chi connectivity index (χ2v) is 10.0. The second-order valence-electron chi connectivity index (χ2n) is 10.0. The zero-order valence-electron chi connectivity index (χ0n) is 20.7. The SMILES string of the molecule is CCOC(=O)[C@@H]1[C@H]2C(=O)N(CCCCCCO)C(C(=O)Nc3ccc4ccccc4c3)C23CC[C@H]1O3. The lowest BCUT2D eigenvalue weighted by Gasteiger charge is -2.33. The summed E-state index contributed by atoms with van der Waals surface area (Å²) in [6.07, 6.45) is 3.89. The molecule has 192 valence electrons. The summed E-state index contributed by atoms with van der Waals surface area (Å²) in [5, 5.41) is 14.2. The topological polar surface area (TPSA) is 105 Å². The molecular formula is C28H34N2O6. The number of amides is 2. The highest BCUT2D eigenvalue weighted by atomic mass is 16.6. The Morgan fingerprint density at radius 1 is 1.14 bits per heavy atom. The minimum absolute atomic E-state index is 0.140. The molecule has 2 aromatic carbocycles. The van der Waals surface area contributed by atoms with E-state index in [-0.39, 0.29) is 25.0 Å². The lowest BCUT2D eigenvalue weighted by molar-refractivity contribution is -0.154.